The maximum Gasteiger partial charge on any atom is 0.264 e. The molecule has 0 saturated heterocycles. The first-order valence-corrected chi connectivity index (χ1v) is 17.2. The lowest BCUT2D eigenvalue weighted by molar-refractivity contribution is -0.140. The molecule has 0 aliphatic heterocycles. The van der Waals surface area contributed by atoms with E-state index in [-0.39, 0.29) is 35.4 Å². The number of sulfonamides is 1. The number of amides is 2. The van der Waals surface area contributed by atoms with Crippen molar-refractivity contribution >= 4 is 27.5 Å². The Morgan fingerprint density at radius 2 is 1.47 bits per heavy atom. The second kappa shape index (κ2) is 15.8. The number of carbonyl (C=O) groups excluding carboxylic acids is 2. The molecule has 4 rings (SSSR count). The van der Waals surface area contributed by atoms with Crippen molar-refractivity contribution in [2.24, 2.45) is 5.92 Å². The van der Waals surface area contributed by atoms with Crippen molar-refractivity contribution in [2.75, 3.05) is 24.5 Å². The highest BCUT2D eigenvalue weighted by Crippen LogP contribution is 2.34. The molecule has 0 spiro atoms. The zero-order valence-electron chi connectivity index (χ0n) is 28.1. The Balaban J connectivity index is 1.86. The Kier molecular flexibility index (Phi) is 11.8. The van der Waals surface area contributed by atoms with Crippen LogP contribution in [0, 0.1) is 26.7 Å². The largest absolute Gasteiger partial charge is 0.495 e. The molecule has 0 aliphatic rings. The molecule has 248 valence electrons. The van der Waals surface area contributed by atoms with Crippen LogP contribution in [0.4, 0.5) is 5.69 Å². The van der Waals surface area contributed by atoms with Gasteiger partial charge in [-0.05, 0) is 73.2 Å². The summed E-state index contributed by atoms with van der Waals surface area (Å²) in [7, 11) is -2.79. The van der Waals surface area contributed by atoms with Crippen LogP contribution in [0.1, 0.15) is 41.7 Å². The monoisotopic (exact) mass is 655 g/mol. The third kappa shape index (κ3) is 9.01. The Morgan fingerprint density at radius 3 is 2.11 bits per heavy atom. The predicted octanol–water partition coefficient (Wildman–Crippen LogP) is 6.23. The maximum atomic E-state index is 14.7. The van der Waals surface area contributed by atoms with E-state index in [0.29, 0.717) is 12.3 Å². The van der Waals surface area contributed by atoms with Gasteiger partial charge in [-0.2, -0.15) is 0 Å². The SMILES string of the molecule is COc1ccc(C)cc1N(CC(=O)N(Cc1ccccc1C)C(Cc1ccccc1)C(=O)NCC(C)C)S(=O)(=O)c1ccc(C)cc1. The fraction of sp³-hybridized carbons (Fsp3) is 0.316. The quantitative estimate of drug-likeness (QED) is 0.174. The molecule has 1 atom stereocenters. The van der Waals surface area contributed by atoms with Gasteiger partial charge in [-0.15, -0.1) is 0 Å². The van der Waals surface area contributed by atoms with E-state index >= 15 is 0 Å². The van der Waals surface area contributed by atoms with E-state index in [4.69, 9.17) is 4.74 Å². The number of anilines is 1. The van der Waals surface area contributed by atoms with Crippen molar-refractivity contribution < 1.29 is 22.7 Å². The van der Waals surface area contributed by atoms with Crippen molar-refractivity contribution in [3.8, 4) is 5.75 Å². The van der Waals surface area contributed by atoms with Gasteiger partial charge < -0.3 is 15.0 Å². The van der Waals surface area contributed by atoms with Crippen LogP contribution in [-0.2, 0) is 32.6 Å². The van der Waals surface area contributed by atoms with E-state index in [1.54, 1.807) is 24.3 Å². The highest BCUT2D eigenvalue weighted by atomic mass is 32.2. The number of hydrogen-bond acceptors (Lipinski definition) is 5. The number of nitrogens with zero attached hydrogens (tertiary/aromatic N) is 2. The van der Waals surface area contributed by atoms with Gasteiger partial charge in [0.15, 0.2) is 0 Å². The summed E-state index contributed by atoms with van der Waals surface area (Å²) < 4.78 is 35.5. The fourth-order valence-corrected chi connectivity index (χ4v) is 6.71. The van der Waals surface area contributed by atoms with Gasteiger partial charge in [-0.3, -0.25) is 13.9 Å². The van der Waals surface area contributed by atoms with E-state index in [1.165, 1.54) is 24.1 Å². The summed E-state index contributed by atoms with van der Waals surface area (Å²) in [6.07, 6.45) is 0.251. The van der Waals surface area contributed by atoms with Crippen molar-refractivity contribution in [1.29, 1.82) is 0 Å². The van der Waals surface area contributed by atoms with E-state index in [0.717, 1.165) is 32.1 Å². The molecule has 47 heavy (non-hydrogen) atoms. The average molecular weight is 656 g/mol. The second-order valence-corrected chi connectivity index (χ2v) is 14.2. The van der Waals surface area contributed by atoms with Gasteiger partial charge in [0, 0.05) is 19.5 Å². The number of ether oxygens (including phenoxy) is 1. The molecule has 8 nitrogen and oxygen atoms in total. The summed E-state index contributed by atoms with van der Waals surface area (Å²) in [5.41, 5.74) is 4.63. The lowest BCUT2D eigenvalue weighted by Gasteiger charge is -2.34. The highest BCUT2D eigenvalue weighted by molar-refractivity contribution is 7.92. The molecule has 4 aromatic rings. The van der Waals surface area contributed by atoms with Crippen LogP contribution in [-0.4, -0.2) is 51.4 Å². The molecule has 0 bridgehead atoms. The standard InChI is InChI=1S/C38H45N3O5S/c1-27(2)24-39-38(43)35(23-31-13-8-7-9-14-31)40(25-32-15-11-10-12-30(32)5)37(42)26-41(34-22-29(4)18-21-36(34)46-6)47(44,45)33-19-16-28(3)17-20-33/h7-22,27,35H,23-26H2,1-6H3,(H,39,43). The number of hydrogen-bond donors (Lipinski definition) is 1. The zero-order chi connectivity index (χ0) is 34.1. The van der Waals surface area contributed by atoms with Gasteiger partial charge in [0.25, 0.3) is 10.0 Å². The van der Waals surface area contributed by atoms with Crippen molar-refractivity contribution in [2.45, 2.75) is 58.5 Å². The Morgan fingerprint density at radius 1 is 0.830 bits per heavy atom. The van der Waals surface area contributed by atoms with E-state index in [2.05, 4.69) is 5.32 Å². The zero-order valence-corrected chi connectivity index (χ0v) is 28.9. The number of aryl methyl sites for hydroxylation is 3. The number of rotatable bonds is 14. The van der Waals surface area contributed by atoms with Crippen molar-refractivity contribution in [3.05, 3.63) is 125 Å². The topological polar surface area (TPSA) is 96.0 Å². The highest BCUT2D eigenvalue weighted by Gasteiger charge is 2.35. The number of methoxy groups -OCH3 is 1. The van der Waals surface area contributed by atoms with E-state index in [9.17, 15) is 18.0 Å². The molecule has 0 fully saturated rings. The average Bonchev–Trinajstić information content (AvgIpc) is 3.05. The summed E-state index contributed by atoms with van der Waals surface area (Å²) in [6.45, 7) is 9.69. The molecule has 4 aromatic carbocycles. The van der Waals surface area contributed by atoms with E-state index < -0.39 is 28.5 Å². The van der Waals surface area contributed by atoms with Gasteiger partial charge in [-0.25, -0.2) is 8.42 Å². The molecule has 2 amide bonds. The third-order valence-corrected chi connectivity index (χ3v) is 9.82. The fourth-order valence-electron chi connectivity index (χ4n) is 5.29. The van der Waals surface area contributed by atoms with Crippen LogP contribution in [0.15, 0.2) is 102 Å². The van der Waals surface area contributed by atoms with Gasteiger partial charge in [0.05, 0.1) is 17.7 Å². The van der Waals surface area contributed by atoms with Crippen LogP contribution in [0.2, 0.25) is 0 Å². The molecule has 0 heterocycles. The molecular weight excluding hydrogens is 611 g/mol. The van der Waals surface area contributed by atoms with Crippen molar-refractivity contribution in [1.82, 2.24) is 10.2 Å². The van der Waals surface area contributed by atoms with Gasteiger partial charge >= 0.3 is 0 Å². The summed E-state index contributed by atoms with van der Waals surface area (Å²) in [5.74, 6) is -0.320. The summed E-state index contributed by atoms with van der Waals surface area (Å²) in [4.78, 5) is 30.3. The van der Waals surface area contributed by atoms with Crippen LogP contribution >= 0.6 is 0 Å². The summed E-state index contributed by atoms with van der Waals surface area (Å²) in [5, 5.41) is 3.03. The number of carbonyl (C=O) groups is 2. The lowest BCUT2D eigenvalue weighted by Crippen LogP contribution is -2.53. The third-order valence-electron chi connectivity index (χ3n) is 8.05. The van der Waals surface area contributed by atoms with E-state index in [1.807, 2.05) is 95.3 Å². The Bertz CT molecular complexity index is 1770. The normalized spacial score (nSPS) is 12.0. The number of benzene rings is 4. The molecule has 1 N–H and O–H groups in total. The minimum Gasteiger partial charge on any atom is -0.495 e. The first-order valence-electron chi connectivity index (χ1n) is 15.8. The minimum absolute atomic E-state index is 0.0421. The molecule has 0 saturated carbocycles. The van der Waals surface area contributed by atoms with Gasteiger partial charge in [-0.1, -0.05) is 92.2 Å². The Labute approximate surface area is 279 Å². The lowest BCUT2D eigenvalue weighted by atomic mass is 10.0. The van der Waals surface area contributed by atoms with Crippen LogP contribution < -0.4 is 14.4 Å². The molecular formula is C38H45N3O5S. The summed E-state index contributed by atoms with van der Waals surface area (Å²) >= 11 is 0. The van der Waals surface area contributed by atoms with Crippen LogP contribution in [0.25, 0.3) is 0 Å². The minimum atomic E-state index is -4.25. The predicted molar refractivity (Wildman–Crippen MR) is 187 cm³/mol. The molecule has 0 aromatic heterocycles. The van der Waals surface area contributed by atoms with Gasteiger partial charge in [0.1, 0.15) is 18.3 Å². The first-order chi connectivity index (χ1) is 22.4. The smallest absolute Gasteiger partial charge is 0.264 e. The van der Waals surface area contributed by atoms with Crippen LogP contribution in [0.5, 0.6) is 5.75 Å². The second-order valence-electron chi connectivity index (χ2n) is 12.3. The van der Waals surface area contributed by atoms with Crippen molar-refractivity contribution in [3.63, 3.8) is 0 Å². The number of nitrogens with one attached hydrogen (secondary N) is 1. The molecule has 0 aliphatic carbocycles. The maximum absolute atomic E-state index is 14.7. The first kappa shape index (κ1) is 35.2. The molecule has 9 heteroatoms. The molecule has 1 unspecified atom stereocenters. The summed E-state index contributed by atoms with van der Waals surface area (Å²) in [6, 6.07) is 28.0. The molecule has 0 radical (unpaired) electrons. The van der Waals surface area contributed by atoms with Gasteiger partial charge in [0.2, 0.25) is 11.8 Å². The van der Waals surface area contributed by atoms with Crippen LogP contribution in [0.3, 0.4) is 0 Å². The Hall–Kier alpha value is -4.63.